The van der Waals surface area contributed by atoms with Gasteiger partial charge in [-0.05, 0) is 54.2 Å². The molecule has 0 radical (unpaired) electrons. The van der Waals surface area contributed by atoms with Crippen LogP contribution in [0.1, 0.15) is 35.6 Å². The van der Waals surface area contributed by atoms with Crippen molar-refractivity contribution >= 4 is 27.9 Å². The van der Waals surface area contributed by atoms with Crippen LogP contribution in [0.5, 0.6) is 0 Å². The van der Waals surface area contributed by atoms with Crippen LogP contribution in [0.15, 0.2) is 59.1 Å². The lowest BCUT2D eigenvalue weighted by Gasteiger charge is -2.25. The molecule has 0 aromatic heterocycles. The first-order valence-electron chi connectivity index (χ1n) is 7.54. The minimum atomic E-state index is -0.0401. The van der Waals surface area contributed by atoms with Crippen LogP contribution >= 0.6 is 15.9 Å². The summed E-state index contributed by atoms with van der Waals surface area (Å²) in [4.78, 5) is 12.2. The molecule has 3 heteroatoms. The Bertz CT molecular complexity index is 708. The van der Waals surface area contributed by atoms with Crippen molar-refractivity contribution < 1.29 is 4.79 Å². The molecule has 2 aromatic rings. The van der Waals surface area contributed by atoms with Gasteiger partial charge in [0.1, 0.15) is 0 Å². The standard InChI is InChI=1S/C19H18BrNO/c20-16-8-3-5-14(13-16)11-12-19(22)21-18-10-4-7-15-6-1-2-9-17(15)18/h1-3,5-6,8-9,11-13,18H,4,7,10H2,(H,21,22)/b12-11+. The minimum absolute atomic E-state index is 0.0401. The van der Waals surface area contributed by atoms with E-state index in [2.05, 4.69) is 39.4 Å². The predicted octanol–water partition coefficient (Wildman–Crippen LogP) is 4.66. The Balaban J connectivity index is 1.68. The van der Waals surface area contributed by atoms with Gasteiger partial charge in [-0.2, -0.15) is 0 Å². The highest BCUT2D eigenvalue weighted by atomic mass is 79.9. The molecule has 0 saturated heterocycles. The van der Waals surface area contributed by atoms with Gasteiger partial charge in [0.2, 0.25) is 5.91 Å². The normalized spacial score (nSPS) is 17.2. The molecular weight excluding hydrogens is 338 g/mol. The van der Waals surface area contributed by atoms with E-state index in [1.165, 1.54) is 11.1 Å². The summed E-state index contributed by atoms with van der Waals surface area (Å²) in [6.07, 6.45) is 6.69. The number of fused-ring (bicyclic) bond motifs is 1. The van der Waals surface area contributed by atoms with Gasteiger partial charge >= 0.3 is 0 Å². The first-order chi connectivity index (χ1) is 10.7. The number of carbonyl (C=O) groups excluding carboxylic acids is 1. The van der Waals surface area contributed by atoms with Gasteiger partial charge in [0.05, 0.1) is 6.04 Å². The number of halogens is 1. The maximum absolute atomic E-state index is 12.2. The fraction of sp³-hybridized carbons (Fsp3) is 0.211. The zero-order valence-corrected chi connectivity index (χ0v) is 13.8. The summed E-state index contributed by atoms with van der Waals surface area (Å²) >= 11 is 3.43. The fourth-order valence-electron chi connectivity index (χ4n) is 2.91. The van der Waals surface area contributed by atoms with E-state index in [-0.39, 0.29) is 11.9 Å². The number of benzene rings is 2. The molecule has 0 bridgehead atoms. The zero-order chi connectivity index (χ0) is 15.4. The summed E-state index contributed by atoms with van der Waals surface area (Å²) in [5, 5.41) is 3.12. The maximum atomic E-state index is 12.2. The van der Waals surface area contributed by atoms with Crippen LogP contribution in [-0.4, -0.2) is 5.91 Å². The van der Waals surface area contributed by atoms with Crippen molar-refractivity contribution in [1.29, 1.82) is 0 Å². The summed E-state index contributed by atoms with van der Waals surface area (Å²) in [5.41, 5.74) is 3.63. The number of nitrogens with one attached hydrogen (secondary N) is 1. The molecule has 2 aromatic carbocycles. The highest BCUT2D eigenvalue weighted by molar-refractivity contribution is 9.10. The number of hydrogen-bond acceptors (Lipinski definition) is 1. The van der Waals surface area contributed by atoms with Gasteiger partial charge in [-0.3, -0.25) is 4.79 Å². The SMILES string of the molecule is O=C(/C=C/c1cccc(Br)c1)NC1CCCc2ccccc21. The van der Waals surface area contributed by atoms with Crippen LogP contribution in [0.25, 0.3) is 6.08 Å². The number of carbonyl (C=O) groups is 1. The molecule has 1 unspecified atom stereocenters. The Hall–Kier alpha value is -1.87. The number of amides is 1. The lowest BCUT2D eigenvalue weighted by molar-refractivity contribution is -0.117. The van der Waals surface area contributed by atoms with E-state index in [1.807, 2.05) is 36.4 Å². The lowest BCUT2D eigenvalue weighted by Crippen LogP contribution is -2.29. The molecule has 1 amide bonds. The van der Waals surface area contributed by atoms with Gasteiger partial charge in [-0.15, -0.1) is 0 Å². The van der Waals surface area contributed by atoms with Gasteiger partial charge in [-0.1, -0.05) is 52.3 Å². The Labute approximate surface area is 139 Å². The molecule has 2 nitrogen and oxygen atoms in total. The molecule has 0 heterocycles. The predicted molar refractivity (Wildman–Crippen MR) is 93.4 cm³/mol. The molecule has 1 aliphatic rings. The van der Waals surface area contributed by atoms with E-state index in [0.717, 1.165) is 29.3 Å². The first-order valence-corrected chi connectivity index (χ1v) is 8.33. The molecule has 112 valence electrons. The summed E-state index contributed by atoms with van der Waals surface area (Å²) in [5.74, 6) is -0.0401. The fourth-order valence-corrected chi connectivity index (χ4v) is 3.32. The second kappa shape index (κ2) is 6.93. The Morgan fingerprint density at radius 2 is 2.05 bits per heavy atom. The van der Waals surface area contributed by atoms with Crippen molar-refractivity contribution in [1.82, 2.24) is 5.32 Å². The topological polar surface area (TPSA) is 29.1 Å². The maximum Gasteiger partial charge on any atom is 0.244 e. The summed E-state index contributed by atoms with van der Waals surface area (Å²) in [6.45, 7) is 0. The lowest BCUT2D eigenvalue weighted by atomic mass is 9.88. The van der Waals surface area contributed by atoms with Crippen LogP contribution in [-0.2, 0) is 11.2 Å². The smallest absolute Gasteiger partial charge is 0.244 e. The average molecular weight is 356 g/mol. The van der Waals surface area contributed by atoms with E-state index in [4.69, 9.17) is 0 Å². The number of rotatable bonds is 3. The van der Waals surface area contributed by atoms with Crippen LogP contribution < -0.4 is 5.32 Å². The van der Waals surface area contributed by atoms with E-state index in [9.17, 15) is 4.79 Å². The molecule has 22 heavy (non-hydrogen) atoms. The Morgan fingerprint density at radius 1 is 1.18 bits per heavy atom. The van der Waals surface area contributed by atoms with E-state index in [0.29, 0.717) is 0 Å². The largest absolute Gasteiger partial charge is 0.346 e. The van der Waals surface area contributed by atoms with Crippen LogP contribution in [0.3, 0.4) is 0 Å². The number of aryl methyl sites for hydroxylation is 1. The van der Waals surface area contributed by atoms with Crippen molar-refractivity contribution in [2.24, 2.45) is 0 Å². The Kier molecular flexibility index (Phi) is 4.74. The third kappa shape index (κ3) is 3.66. The van der Waals surface area contributed by atoms with Crippen molar-refractivity contribution in [3.05, 3.63) is 75.8 Å². The molecular formula is C19H18BrNO. The minimum Gasteiger partial charge on any atom is -0.346 e. The van der Waals surface area contributed by atoms with Crippen LogP contribution in [0, 0.1) is 0 Å². The molecule has 0 saturated carbocycles. The second-order valence-electron chi connectivity index (χ2n) is 5.54. The monoisotopic (exact) mass is 355 g/mol. The highest BCUT2D eigenvalue weighted by Gasteiger charge is 2.20. The first kappa shape index (κ1) is 15.0. The molecule has 3 rings (SSSR count). The molecule has 1 atom stereocenters. The highest BCUT2D eigenvalue weighted by Crippen LogP contribution is 2.29. The molecule has 1 aliphatic carbocycles. The third-order valence-corrected chi connectivity index (χ3v) is 4.45. The Morgan fingerprint density at radius 3 is 2.91 bits per heavy atom. The molecule has 1 N–H and O–H groups in total. The molecule has 0 aliphatic heterocycles. The average Bonchev–Trinajstić information content (AvgIpc) is 2.53. The molecule has 0 fully saturated rings. The van der Waals surface area contributed by atoms with Crippen molar-refractivity contribution in [3.63, 3.8) is 0 Å². The van der Waals surface area contributed by atoms with Crippen molar-refractivity contribution in [2.45, 2.75) is 25.3 Å². The quantitative estimate of drug-likeness (QED) is 0.797. The summed E-state index contributed by atoms with van der Waals surface area (Å²) in [7, 11) is 0. The summed E-state index contributed by atoms with van der Waals surface area (Å²) < 4.78 is 1.01. The van der Waals surface area contributed by atoms with Crippen LogP contribution in [0.2, 0.25) is 0 Å². The van der Waals surface area contributed by atoms with Gasteiger partial charge in [0.15, 0.2) is 0 Å². The zero-order valence-electron chi connectivity index (χ0n) is 12.3. The van der Waals surface area contributed by atoms with E-state index < -0.39 is 0 Å². The van der Waals surface area contributed by atoms with Crippen molar-refractivity contribution in [2.75, 3.05) is 0 Å². The third-order valence-electron chi connectivity index (χ3n) is 3.96. The van der Waals surface area contributed by atoms with Gasteiger partial charge in [0.25, 0.3) is 0 Å². The van der Waals surface area contributed by atoms with E-state index >= 15 is 0 Å². The van der Waals surface area contributed by atoms with Gasteiger partial charge in [0, 0.05) is 10.5 Å². The second-order valence-corrected chi connectivity index (χ2v) is 6.46. The van der Waals surface area contributed by atoms with Crippen molar-refractivity contribution in [3.8, 4) is 0 Å². The van der Waals surface area contributed by atoms with E-state index in [1.54, 1.807) is 6.08 Å². The molecule has 0 spiro atoms. The van der Waals surface area contributed by atoms with Gasteiger partial charge < -0.3 is 5.32 Å². The number of hydrogen-bond donors (Lipinski definition) is 1. The summed E-state index contributed by atoms with van der Waals surface area (Å²) in [6, 6.07) is 16.4. The van der Waals surface area contributed by atoms with Gasteiger partial charge in [-0.25, -0.2) is 0 Å². The van der Waals surface area contributed by atoms with Crippen LogP contribution in [0.4, 0.5) is 0 Å².